The van der Waals surface area contributed by atoms with Crippen molar-refractivity contribution >= 4 is 11.6 Å². The van der Waals surface area contributed by atoms with Gasteiger partial charge in [-0.05, 0) is 36.2 Å². The normalized spacial score (nSPS) is 12.3. The van der Waals surface area contributed by atoms with Gasteiger partial charge in [0, 0.05) is 25.4 Å². The molecule has 5 nitrogen and oxygen atoms in total. The second kappa shape index (κ2) is 7.44. The molecule has 2 N–H and O–H groups in total. The molecule has 3 rings (SSSR count). The summed E-state index contributed by atoms with van der Waals surface area (Å²) in [5.74, 6) is -0.712. The van der Waals surface area contributed by atoms with Crippen LogP contribution in [0.2, 0.25) is 0 Å². The number of benzene rings is 1. The van der Waals surface area contributed by atoms with Gasteiger partial charge in [0.05, 0.1) is 18.2 Å². The minimum atomic E-state index is -1.02. The average molecular weight is 341 g/mol. The molecule has 1 aromatic carbocycles. The summed E-state index contributed by atoms with van der Waals surface area (Å²) in [6.45, 7) is 2.43. The number of carbonyl (C=O) groups is 1. The first-order valence-electron chi connectivity index (χ1n) is 8.16. The highest BCUT2D eigenvalue weighted by atomic mass is 19.1. The summed E-state index contributed by atoms with van der Waals surface area (Å²) in [4.78, 5) is 16.5. The third-order valence-corrected chi connectivity index (χ3v) is 4.04. The Morgan fingerprint density at radius 1 is 1.36 bits per heavy atom. The Labute approximate surface area is 145 Å². The molecule has 1 atom stereocenters. The Balaban J connectivity index is 1.51. The van der Waals surface area contributed by atoms with Crippen molar-refractivity contribution in [2.24, 2.45) is 0 Å². The maximum Gasteiger partial charge on any atom is 0.222 e. The minimum Gasteiger partial charge on any atom is -0.388 e. The molecular formula is C19H20FN3O2. The number of nitrogens with zero attached hydrogens (tertiary/aromatic N) is 2. The zero-order valence-corrected chi connectivity index (χ0v) is 13.9. The molecule has 2 aromatic heterocycles. The number of fused-ring (bicyclic) bond motifs is 1. The molecule has 25 heavy (non-hydrogen) atoms. The van der Waals surface area contributed by atoms with Crippen LogP contribution in [0.4, 0.5) is 4.39 Å². The number of pyridine rings is 1. The molecule has 0 unspecified atom stereocenters. The van der Waals surface area contributed by atoms with E-state index >= 15 is 0 Å². The number of nitrogens with one attached hydrogen (secondary N) is 1. The molecule has 0 radical (unpaired) electrons. The summed E-state index contributed by atoms with van der Waals surface area (Å²) >= 11 is 0. The van der Waals surface area contributed by atoms with Crippen molar-refractivity contribution in [3.63, 3.8) is 0 Å². The van der Waals surface area contributed by atoms with Gasteiger partial charge in [-0.3, -0.25) is 4.79 Å². The lowest BCUT2D eigenvalue weighted by Crippen LogP contribution is -2.27. The number of hydrogen-bond donors (Lipinski definition) is 2. The highest BCUT2D eigenvalue weighted by Crippen LogP contribution is 2.17. The zero-order chi connectivity index (χ0) is 17.8. The number of halogens is 1. The third-order valence-electron chi connectivity index (χ3n) is 4.04. The van der Waals surface area contributed by atoms with Gasteiger partial charge in [0.15, 0.2) is 0 Å². The van der Waals surface area contributed by atoms with Gasteiger partial charge in [0.2, 0.25) is 5.91 Å². The quantitative estimate of drug-likeness (QED) is 0.724. The number of imidazole rings is 1. The van der Waals surface area contributed by atoms with Gasteiger partial charge in [-0.25, -0.2) is 9.37 Å². The number of aromatic nitrogens is 2. The smallest absolute Gasteiger partial charge is 0.222 e. The summed E-state index contributed by atoms with van der Waals surface area (Å²) in [5.41, 5.74) is 3.28. The zero-order valence-electron chi connectivity index (χ0n) is 13.9. The molecule has 130 valence electrons. The third kappa shape index (κ3) is 4.22. The molecule has 6 heteroatoms. The summed E-state index contributed by atoms with van der Waals surface area (Å²) in [6, 6.07) is 9.60. The number of amides is 1. The average Bonchev–Trinajstić information content (AvgIpc) is 2.99. The van der Waals surface area contributed by atoms with Crippen LogP contribution in [0.1, 0.15) is 29.3 Å². The van der Waals surface area contributed by atoms with Crippen LogP contribution < -0.4 is 5.32 Å². The summed E-state index contributed by atoms with van der Waals surface area (Å²) in [5, 5.41) is 12.8. The lowest BCUT2D eigenvalue weighted by atomic mass is 10.1. The Morgan fingerprint density at radius 3 is 2.96 bits per heavy atom. The van der Waals surface area contributed by atoms with E-state index in [4.69, 9.17) is 0 Å². The first-order valence-corrected chi connectivity index (χ1v) is 8.16. The fraction of sp³-hybridized carbons (Fsp3) is 0.263. The fourth-order valence-corrected chi connectivity index (χ4v) is 2.73. The lowest BCUT2D eigenvalue weighted by Gasteiger charge is -2.11. The highest BCUT2D eigenvalue weighted by molar-refractivity contribution is 5.76. The topological polar surface area (TPSA) is 66.6 Å². The summed E-state index contributed by atoms with van der Waals surface area (Å²) < 4.78 is 15.1. The monoisotopic (exact) mass is 341 g/mol. The first kappa shape index (κ1) is 17.1. The van der Waals surface area contributed by atoms with Crippen molar-refractivity contribution in [3.05, 3.63) is 71.4 Å². The Hall–Kier alpha value is -2.73. The number of rotatable bonds is 6. The van der Waals surface area contributed by atoms with Gasteiger partial charge < -0.3 is 14.8 Å². The van der Waals surface area contributed by atoms with Crippen molar-refractivity contribution < 1.29 is 14.3 Å². The molecule has 0 aliphatic heterocycles. The van der Waals surface area contributed by atoms with Crippen LogP contribution in [0, 0.1) is 12.7 Å². The molecule has 0 spiro atoms. The number of hydrogen-bond acceptors (Lipinski definition) is 3. The molecule has 0 saturated carbocycles. The standard InChI is InChI=1S/C19H20FN3O2/c1-13-4-3-9-23-12-16(22-19(13)23)7-8-21-18(25)11-17(24)14-5-2-6-15(20)10-14/h2-6,9-10,12,17,24H,7-8,11H2,1H3,(H,21,25)/t17-/m1/s1. The molecule has 2 heterocycles. The van der Waals surface area contributed by atoms with Gasteiger partial charge in [-0.1, -0.05) is 18.2 Å². The molecule has 1 amide bonds. The van der Waals surface area contributed by atoms with Crippen molar-refractivity contribution in [2.45, 2.75) is 25.9 Å². The van der Waals surface area contributed by atoms with Gasteiger partial charge in [0.1, 0.15) is 11.5 Å². The van der Waals surface area contributed by atoms with Gasteiger partial charge >= 0.3 is 0 Å². The second-order valence-corrected chi connectivity index (χ2v) is 6.03. The Kier molecular flexibility index (Phi) is 5.09. The van der Waals surface area contributed by atoms with E-state index < -0.39 is 11.9 Å². The summed E-state index contributed by atoms with van der Waals surface area (Å²) in [6.07, 6.45) is 3.35. The van der Waals surface area contributed by atoms with E-state index in [0.717, 1.165) is 16.9 Å². The van der Waals surface area contributed by atoms with Gasteiger partial charge in [-0.2, -0.15) is 0 Å². The number of aliphatic hydroxyl groups is 1. The van der Waals surface area contributed by atoms with E-state index in [1.54, 1.807) is 6.07 Å². The van der Waals surface area contributed by atoms with Crippen molar-refractivity contribution in [2.75, 3.05) is 6.54 Å². The molecular weight excluding hydrogens is 321 g/mol. The summed E-state index contributed by atoms with van der Waals surface area (Å²) in [7, 11) is 0. The number of carbonyl (C=O) groups excluding carboxylic acids is 1. The Bertz CT molecular complexity index is 891. The van der Waals surface area contributed by atoms with E-state index in [2.05, 4.69) is 10.3 Å². The van der Waals surface area contributed by atoms with Crippen LogP contribution in [0.25, 0.3) is 5.65 Å². The van der Waals surface area contributed by atoms with Gasteiger partial charge in [-0.15, -0.1) is 0 Å². The SMILES string of the molecule is Cc1cccn2cc(CCNC(=O)C[C@@H](O)c3cccc(F)c3)nc12. The molecule has 0 fully saturated rings. The molecule has 0 aliphatic carbocycles. The van der Waals surface area contributed by atoms with Crippen LogP contribution in [0.15, 0.2) is 48.8 Å². The van der Waals surface area contributed by atoms with Crippen LogP contribution in [0.5, 0.6) is 0 Å². The first-order chi connectivity index (χ1) is 12.0. The largest absolute Gasteiger partial charge is 0.388 e. The molecule has 0 saturated heterocycles. The van der Waals surface area contributed by atoms with Crippen molar-refractivity contribution in [1.29, 1.82) is 0 Å². The van der Waals surface area contributed by atoms with E-state index in [9.17, 15) is 14.3 Å². The predicted molar refractivity (Wildman–Crippen MR) is 92.6 cm³/mol. The lowest BCUT2D eigenvalue weighted by molar-refractivity contribution is -0.123. The van der Waals surface area contributed by atoms with E-state index in [-0.39, 0.29) is 12.3 Å². The fourth-order valence-electron chi connectivity index (χ4n) is 2.73. The van der Waals surface area contributed by atoms with E-state index in [1.165, 1.54) is 18.2 Å². The van der Waals surface area contributed by atoms with Crippen LogP contribution in [0.3, 0.4) is 0 Å². The minimum absolute atomic E-state index is 0.103. The van der Waals surface area contributed by atoms with Gasteiger partial charge in [0.25, 0.3) is 0 Å². The van der Waals surface area contributed by atoms with E-state index in [0.29, 0.717) is 18.5 Å². The van der Waals surface area contributed by atoms with Crippen LogP contribution >= 0.6 is 0 Å². The molecule has 0 aliphatic rings. The van der Waals surface area contributed by atoms with Crippen molar-refractivity contribution in [1.82, 2.24) is 14.7 Å². The van der Waals surface area contributed by atoms with Crippen LogP contribution in [-0.4, -0.2) is 26.9 Å². The van der Waals surface area contributed by atoms with Crippen molar-refractivity contribution in [3.8, 4) is 0 Å². The maximum absolute atomic E-state index is 13.2. The maximum atomic E-state index is 13.2. The highest BCUT2D eigenvalue weighted by Gasteiger charge is 2.13. The molecule has 3 aromatic rings. The van der Waals surface area contributed by atoms with E-state index in [1.807, 2.05) is 35.9 Å². The number of aliphatic hydroxyl groups excluding tert-OH is 1. The van der Waals surface area contributed by atoms with Crippen LogP contribution in [-0.2, 0) is 11.2 Å². The predicted octanol–water partition coefficient (Wildman–Crippen LogP) is 2.56. The number of aryl methyl sites for hydroxylation is 1. The molecule has 0 bridgehead atoms. The second-order valence-electron chi connectivity index (χ2n) is 6.03. The Morgan fingerprint density at radius 2 is 2.20 bits per heavy atom.